The zero-order valence-corrected chi connectivity index (χ0v) is 11.8. The maximum absolute atomic E-state index is 14.1. The molecule has 0 aliphatic carbocycles. The first kappa shape index (κ1) is 14.0. The van der Waals surface area contributed by atoms with E-state index in [9.17, 15) is 9.18 Å². The number of anilines is 1. The third-order valence-electron chi connectivity index (χ3n) is 3.41. The smallest absolute Gasteiger partial charge is 0.340 e. The van der Waals surface area contributed by atoms with Gasteiger partial charge in [0.2, 0.25) is 0 Å². The van der Waals surface area contributed by atoms with Crippen LogP contribution >= 0.6 is 0 Å². The third-order valence-corrected chi connectivity index (χ3v) is 3.41. The van der Waals surface area contributed by atoms with Crippen LogP contribution in [0.1, 0.15) is 27.3 Å². The highest BCUT2D eigenvalue weighted by Crippen LogP contribution is 2.24. The second-order valence-corrected chi connectivity index (χ2v) is 4.59. The molecule has 2 N–H and O–H groups in total. The van der Waals surface area contributed by atoms with Crippen molar-refractivity contribution in [2.75, 3.05) is 12.8 Å². The summed E-state index contributed by atoms with van der Waals surface area (Å²) in [5.41, 5.74) is 8.56. The molecule has 106 valence electrons. The quantitative estimate of drug-likeness (QED) is 0.675. The second kappa shape index (κ2) is 4.96. The summed E-state index contributed by atoms with van der Waals surface area (Å²) in [6, 6.07) is 2.46. The predicted molar refractivity (Wildman–Crippen MR) is 73.5 cm³/mol. The minimum absolute atomic E-state index is 0.0383. The Morgan fingerprint density at radius 2 is 2.00 bits per heavy atom. The topological polar surface area (TPSA) is 70.1 Å². The first-order valence-electron chi connectivity index (χ1n) is 6.07. The van der Waals surface area contributed by atoms with Crippen molar-refractivity contribution in [2.24, 2.45) is 0 Å². The molecule has 2 rings (SSSR count). The lowest BCUT2D eigenvalue weighted by Gasteiger charge is -2.10. The van der Waals surface area contributed by atoms with Crippen molar-refractivity contribution < 1.29 is 13.9 Å². The monoisotopic (exact) mass is 277 g/mol. The van der Waals surface area contributed by atoms with Crippen molar-refractivity contribution in [3.8, 4) is 5.69 Å². The van der Waals surface area contributed by atoms with Crippen LogP contribution in [0.2, 0.25) is 0 Å². The molecule has 0 atom stereocenters. The Morgan fingerprint density at radius 3 is 2.50 bits per heavy atom. The van der Waals surface area contributed by atoms with Gasteiger partial charge in [-0.1, -0.05) is 0 Å². The Balaban J connectivity index is 2.68. The molecule has 0 saturated heterocycles. The molecule has 0 radical (unpaired) electrons. The van der Waals surface area contributed by atoms with Gasteiger partial charge in [0, 0.05) is 11.4 Å². The Labute approximate surface area is 116 Å². The van der Waals surface area contributed by atoms with Crippen LogP contribution in [0.5, 0.6) is 0 Å². The number of carbonyl (C=O) groups is 1. The molecule has 0 aliphatic rings. The van der Waals surface area contributed by atoms with E-state index in [0.717, 1.165) is 23.0 Å². The third kappa shape index (κ3) is 2.13. The fraction of sp³-hybridized carbons (Fsp3) is 0.286. The van der Waals surface area contributed by atoms with Gasteiger partial charge in [-0.05, 0) is 38.5 Å². The fourth-order valence-electron chi connectivity index (χ4n) is 1.98. The molecular weight excluding hydrogens is 261 g/mol. The van der Waals surface area contributed by atoms with Gasteiger partial charge in [-0.15, -0.1) is 0 Å². The minimum Gasteiger partial charge on any atom is -0.465 e. The Kier molecular flexibility index (Phi) is 3.48. The molecule has 0 fully saturated rings. The number of halogens is 1. The second-order valence-electron chi connectivity index (χ2n) is 4.59. The first-order valence-corrected chi connectivity index (χ1v) is 6.07. The molecule has 0 amide bonds. The molecule has 1 aromatic carbocycles. The van der Waals surface area contributed by atoms with Crippen molar-refractivity contribution in [3.63, 3.8) is 0 Å². The van der Waals surface area contributed by atoms with Crippen LogP contribution in [-0.2, 0) is 4.74 Å². The number of hydrogen-bond acceptors (Lipinski definition) is 4. The lowest BCUT2D eigenvalue weighted by molar-refractivity contribution is 0.0602. The van der Waals surface area contributed by atoms with Crippen molar-refractivity contribution in [2.45, 2.75) is 20.8 Å². The summed E-state index contributed by atoms with van der Waals surface area (Å²) in [5, 5.41) is 4.28. The molecule has 0 unspecified atom stereocenters. The molecule has 0 spiro atoms. The molecule has 20 heavy (non-hydrogen) atoms. The lowest BCUT2D eigenvalue weighted by atomic mass is 10.1. The Morgan fingerprint density at radius 1 is 1.35 bits per heavy atom. The summed E-state index contributed by atoms with van der Waals surface area (Å²) >= 11 is 0. The van der Waals surface area contributed by atoms with Gasteiger partial charge in [-0.2, -0.15) is 5.10 Å². The van der Waals surface area contributed by atoms with Gasteiger partial charge in [-0.25, -0.2) is 13.9 Å². The lowest BCUT2D eigenvalue weighted by Crippen LogP contribution is -2.10. The van der Waals surface area contributed by atoms with E-state index in [-0.39, 0.29) is 16.9 Å². The van der Waals surface area contributed by atoms with E-state index in [2.05, 4.69) is 9.84 Å². The van der Waals surface area contributed by atoms with Gasteiger partial charge >= 0.3 is 5.97 Å². The SMILES string of the molecule is COC(=O)c1cc(-n2nc(C)c(C)c2C)c(F)cc1N. The fourth-order valence-corrected chi connectivity index (χ4v) is 1.98. The minimum atomic E-state index is -0.609. The highest BCUT2D eigenvalue weighted by Gasteiger charge is 2.18. The Hall–Kier alpha value is -2.37. The maximum Gasteiger partial charge on any atom is 0.340 e. The van der Waals surface area contributed by atoms with E-state index in [1.165, 1.54) is 17.9 Å². The number of carbonyl (C=O) groups excluding carboxylic acids is 1. The summed E-state index contributed by atoms with van der Waals surface area (Å²) < 4.78 is 20.2. The summed E-state index contributed by atoms with van der Waals surface area (Å²) in [6.45, 7) is 5.59. The summed E-state index contributed by atoms with van der Waals surface area (Å²) in [4.78, 5) is 11.6. The molecule has 1 heterocycles. The molecular formula is C14H16FN3O2. The molecule has 2 aromatic rings. The Bertz CT molecular complexity index is 692. The average molecular weight is 277 g/mol. The van der Waals surface area contributed by atoms with E-state index in [1.807, 2.05) is 20.8 Å². The average Bonchev–Trinajstić information content (AvgIpc) is 2.66. The van der Waals surface area contributed by atoms with Gasteiger partial charge in [0.05, 0.1) is 18.4 Å². The number of hydrogen-bond donors (Lipinski definition) is 1. The van der Waals surface area contributed by atoms with Crippen LogP contribution in [0, 0.1) is 26.6 Å². The van der Waals surface area contributed by atoms with Crippen LogP contribution in [0.3, 0.4) is 0 Å². The molecule has 5 nitrogen and oxygen atoms in total. The van der Waals surface area contributed by atoms with Crippen LogP contribution < -0.4 is 5.73 Å². The number of ether oxygens (including phenoxy) is 1. The number of aromatic nitrogens is 2. The van der Waals surface area contributed by atoms with Crippen molar-refractivity contribution in [1.82, 2.24) is 9.78 Å². The highest BCUT2D eigenvalue weighted by molar-refractivity contribution is 5.95. The van der Waals surface area contributed by atoms with E-state index < -0.39 is 11.8 Å². The number of rotatable bonds is 2. The van der Waals surface area contributed by atoms with Gasteiger partial charge < -0.3 is 10.5 Å². The van der Waals surface area contributed by atoms with Crippen molar-refractivity contribution in [1.29, 1.82) is 0 Å². The van der Waals surface area contributed by atoms with E-state index >= 15 is 0 Å². The van der Waals surface area contributed by atoms with E-state index in [4.69, 9.17) is 5.73 Å². The van der Waals surface area contributed by atoms with Crippen molar-refractivity contribution >= 4 is 11.7 Å². The number of benzene rings is 1. The van der Waals surface area contributed by atoms with Crippen molar-refractivity contribution in [3.05, 3.63) is 40.5 Å². The number of aryl methyl sites for hydroxylation is 1. The van der Waals surface area contributed by atoms with E-state index in [0.29, 0.717) is 0 Å². The van der Waals surface area contributed by atoms with Gasteiger partial charge in [0.1, 0.15) is 5.69 Å². The van der Waals surface area contributed by atoms with Gasteiger partial charge in [0.15, 0.2) is 5.82 Å². The van der Waals surface area contributed by atoms with E-state index in [1.54, 1.807) is 0 Å². The number of esters is 1. The zero-order valence-electron chi connectivity index (χ0n) is 11.8. The largest absolute Gasteiger partial charge is 0.465 e. The van der Waals surface area contributed by atoms with Crippen LogP contribution in [-0.4, -0.2) is 22.9 Å². The molecule has 6 heteroatoms. The van der Waals surface area contributed by atoms with Crippen LogP contribution in [0.15, 0.2) is 12.1 Å². The summed E-state index contributed by atoms with van der Waals surface area (Å²) in [7, 11) is 1.25. The number of nitrogens with zero attached hydrogens (tertiary/aromatic N) is 2. The van der Waals surface area contributed by atoms with Crippen LogP contribution in [0.25, 0.3) is 5.69 Å². The summed E-state index contributed by atoms with van der Waals surface area (Å²) in [6.07, 6.45) is 0. The number of nitrogen functional groups attached to an aromatic ring is 1. The number of nitrogens with two attached hydrogens (primary N) is 1. The maximum atomic E-state index is 14.1. The number of methoxy groups -OCH3 is 1. The van der Waals surface area contributed by atoms with Gasteiger partial charge in [-0.3, -0.25) is 0 Å². The molecule has 0 aliphatic heterocycles. The summed E-state index contributed by atoms with van der Waals surface area (Å²) in [5.74, 6) is -1.15. The van der Waals surface area contributed by atoms with Gasteiger partial charge in [0.25, 0.3) is 0 Å². The standard InChI is InChI=1S/C14H16FN3O2/c1-7-8(2)17-18(9(7)3)13-5-10(14(19)20-4)12(16)6-11(13)15/h5-6H,16H2,1-4H3. The molecule has 0 saturated carbocycles. The molecule has 0 bridgehead atoms. The highest BCUT2D eigenvalue weighted by atomic mass is 19.1. The first-order chi connectivity index (χ1) is 9.36. The zero-order chi connectivity index (χ0) is 15.0. The normalized spacial score (nSPS) is 10.7. The molecule has 1 aromatic heterocycles. The van der Waals surface area contributed by atoms with Crippen LogP contribution in [0.4, 0.5) is 10.1 Å². The predicted octanol–water partition coefficient (Wildman–Crippen LogP) is 2.31.